The second-order valence-corrected chi connectivity index (χ2v) is 9.24. The Kier molecular flexibility index (Phi) is 6.51. The highest BCUT2D eigenvalue weighted by Crippen LogP contribution is 2.42. The minimum atomic E-state index is 0.295. The van der Waals surface area contributed by atoms with Gasteiger partial charge in [-0.1, -0.05) is 36.4 Å². The SMILES string of the molecule is CN(C)c1ccc(-c2cc(-c3ccc(N(C)C)cc3)c(O)c(-c3ccc(N(C)C)cc3)c2)cc1. The van der Waals surface area contributed by atoms with Crippen molar-refractivity contribution in [1.29, 1.82) is 0 Å². The van der Waals surface area contributed by atoms with Crippen LogP contribution in [0.2, 0.25) is 0 Å². The molecule has 4 aromatic rings. The highest BCUT2D eigenvalue weighted by atomic mass is 16.3. The number of phenolic OH excluding ortho intramolecular Hbond substituents is 1. The Morgan fingerprint density at radius 2 is 0.706 bits per heavy atom. The number of rotatable bonds is 6. The van der Waals surface area contributed by atoms with Gasteiger partial charge in [0.25, 0.3) is 0 Å². The standard InChI is InChI=1S/C30H33N3O/c1-31(2)25-13-7-21(8-14-25)24-19-28(22-9-15-26(16-10-22)32(3)4)30(34)29(20-24)23-11-17-27(18-12-23)33(5)6/h7-20,34H,1-6H3. The van der Waals surface area contributed by atoms with Crippen molar-refractivity contribution in [2.45, 2.75) is 0 Å². The fourth-order valence-electron chi connectivity index (χ4n) is 4.07. The number of hydrogen-bond acceptors (Lipinski definition) is 4. The molecule has 0 unspecified atom stereocenters. The molecule has 0 amide bonds. The van der Waals surface area contributed by atoms with Crippen LogP contribution in [0.25, 0.3) is 33.4 Å². The van der Waals surface area contributed by atoms with E-state index in [-0.39, 0.29) is 0 Å². The zero-order chi connectivity index (χ0) is 24.4. The van der Waals surface area contributed by atoms with Crippen LogP contribution in [0.1, 0.15) is 0 Å². The maximum atomic E-state index is 11.4. The van der Waals surface area contributed by atoms with E-state index in [1.165, 1.54) is 0 Å². The molecule has 0 spiro atoms. The summed E-state index contributed by atoms with van der Waals surface area (Å²) in [5.41, 5.74) is 9.21. The summed E-state index contributed by atoms with van der Waals surface area (Å²) in [5, 5.41) is 11.4. The number of phenols is 1. The number of aromatic hydroxyl groups is 1. The third kappa shape index (κ3) is 4.72. The van der Waals surface area contributed by atoms with Gasteiger partial charge in [0.1, 0.15) is 5.75 Å². The van der Waals surface area contributed by atoms with Crippen LogP contribution in [0.5, 0.6) is 5.75 Å². The van der Waals surface area contributed by atoms with Gasteiger partial charge in [-0.15, -0.1) is 0 Å². The van der Waals surface area contributed by atoms with Crippen molar-refractivity contribution in [2.24, 2.45) is 0 Å². The Hall–Kier alpha value is -3.92. The van der Waals surface area contributed by atoms with E-state index in [0.717, 1.165) is 50.4 Å². The van der Waals surface area contributed by atoms with Gasteiger partial charge in [0.15, 0.2) is 0 Å². The summed E-state index contributed by atoms with van der Waals surface area (Å²) in [6, 6.07) is 29.3. The lowest BCUT2D eigenvalue weighted by atomic mass is 9.91. The lowest BCUT2D eigenvalue weighted by molar-refractivity contribution is 0.479. The Labute approximate surface area is 203 Å². The van der Waals surface area contributed by atoms with Gasteiger partial charge in [-0.05, 0) is 70.8 Å². The average Bonchev–Trinajstić information content (AvgIpc) is 2.84. The zero-order valence-corrected chi connectivity index (χ0v) is 20.9. The van der Waals surface area contributed by atoms with E-state index in [9.17, 15) is 5.11 Å². The third-order valence-electron chi connectivity index (χ3n) is 6.22. The molecular formula is C30H33N3O. The van der Waals surface area contributed by atoms with Crippen molar-refractivity contribution < 1.29 is 5.11 Å². The topological polar surface area (TPSA) is 30.0 Å². The van der Waals surface area contributed by atoms with Gasteiger partial charge in [0.05, 0.1) is 0 Å². The monoisotopic (exact) mass is 451 g/mol. The van der Waals surface area contributed by atoms with Crippen LogP contribution in [0.15, 0.2) is 84.9 Å². The maximum absolute atomic E-state index is 11.4. The van der Waals surface area contributed by atoms with Gasteiger partial charge in [-0.2, -0.15) is 0 Å². The van der Waals surface area contributed by atoms with E-state index in [2.05, 4.69) is 99.6 Å². The molecule has 0 aliphatic heterocycles. The summed E-state index contributed by atoms with van der Waals surface area (Å²) in [7, 11) is 12.2. The first-order chi connectivity index (χ1) is 16.2. The Morgan fingerprint density at radius 1 is 0.412 bits per heavy atom. The molecule has 4 aromatic carbocycles. The minimum Gasteiger partial charge on any atom is -0.507 e. The van der Waals surface area contributed by atoms with E-state index < -0.39 is 0 Å². The predicted octanol–water partition coefficient (Wildman–Crippen LogP) is 6.59. The van der Waals surface area contributed by atoms with Crippen LogP contribution < -0.4 is 14.7 Å². The highest BCUT2D eigenvalue weighted by Gasteiger charge is 2.15. The van der Waals surface area contributed by atoms with Gasteiger partial charge in [0.2, 0.25) is 0 Å². The molecule has 0 saturated heterocycles. The van der Waals surface area contributed by atoms with Gasteiger partial charge in [0, 0.05) is 70.5 Å². The van der Waals surface area contributed by atoms with E-state index in [0.29, 0.717) is 5.75 Å². The molecule has 34 heavy (non-hydrogen) atoms. The molecule has 0 aliphatic rings. The fourth-order valence-corrected chi connectivity index (χ4v) is 4.07. The number of benzene rings is 4. The molecule has 0 saturated carbocycles. The van der Waals surface area contributed by atoms with E-state index in [4.69, 9.17) is 0 Å². The number of hydrogen-bond donors (Lipinski definition) is 1. The van der Waals surface area contributed by atoms with Crippen LogP contribution in [-0.2, 0) is 0 Å². The Bertz CT molecular complexity index is 1180. The van der Waals surface area contributed by atoms with Crippen molar-refractivity contribution in [3.63, 3.8) is 0 Å². The first kappa shape index (κ1) is 23.2. The third-order valence-corrected chi connectivity index (χ3v) is 6.22. The van der Waals surface area contributed by atoms with Crippen molar-refractivity contribution in [1.82, 2.24) is 0 Å². The van der Waals surface area contributed by atoms with Crippen molar-refractivity contribution in [3.05, 3.63) is 84.9 Å². The molecule has 4 nitrogen and oxygen atoms in total. The maximum Gasteiger partial charge on any atom is 0.131 e. The minimum absolute atomic E-state index is 0.295. The molecule has 0 atom stereocenters. The van der Waals surface area contributed by atoms with Crippen molar-refractivity contribution >= 4 is 17.1 Å². The summed E-state index contributed by atoms with van der Waals surface area (Å²) in [4.78, 5) is 6.24. The normalized spacial score (nSPS) is 10.8. The first-order valence-corrected chi connectivity index (χ1v) is 11.4. The van der Waals surface area contributed by atoms with Crippen LogP contribution in [-0.4, -0.2) is 47.4 Å². The van der Waals surface area contributed by atoms with Crippen LogP contribution in [0, 0.1) is 0 Å². The molecular weight excluding hydrogens is 418 g/mol. The largest absolute Gasteiger partial charge is 0.507 e. The second-order valence-electron chi connectivity index (χ2n) is 9.24. The second kappa shape index (κ2) is 9.52. The Balaban J connectivity index is 1.87. The molecule has 0 heterocycles. The lowest BCUT2D eigenvalue weighted by Crippen LogP contribution is -2.08. The molecule has 0 aromatic heterocycles. The summed E-state index contributed by atoms with van der Waals surface area (Å²) < 4.78 is 0. The van der Waals surface area contributed by atoms with Crippen molar-refractivity contribution in [3.8, 4) is 39.1 Å². The smallest absolute Gasteiger partial charge is 0.131 e. The first-order valence-electron chi connectivity index (χ1n) is 11.4. The summed E-state index contributed by atoms with van der Waals surface area (Å²) in [5.74, 6) is 0.295. The van der Waals surface area contributed by atoms with Crippen LogP contribution in [0.4, 0.5) is 17.1 Å². The van der Waals surface area contributed by atoms with Gasteiger partial charge in [-0.25, -0.2) is 0 Å². The van der Waals surface area contributed by atoms with Gasteiger partial charge < -0.3 is 19.8 Å². The molecule has 0 aliphatic carbocycles. The quantitative estimate of drug-likeness (QED) is 0.358. The molecule has 0 bridgehead atoms. The van der Waals surface area contributed by atoms with Gasteiger partial charge >= 0.3 is 0 Å². The summed E-state index contributed by atoms with van der Waals surface area (Å²) >= 11 is 0. The zero-order valence-electron chi connectivity index (χ0n) is 20.9. The molecule has 4 heteroatoms. The highest BCUT2D eigenvalue weighted by molar-refractivity contribution is 5.88. The molecule has 0 radical (unpaired) electrons. The van der Waals surface area contributed by atoms with Crippen LogP contribution >= 0.6 is 0 Å². The van der Waals surface area contributed by atoms with Crippen molar-refractivity contribution in [2.75, 3.05) is 57.0 Å². The van der Waals surface area contributed by atoms with E-state index in [1.54, 1.807) is 0 Å². The van der Waals surface area contributed by atoms with E-state index >= 15 is 0 Å². The predicted molar refractivity (Wildman–Crippen MR) is 147 cm³/mol. The summed E-state index contributed by atoms with van der Waals surface area (Å²) in [6.07, 6.45) is 0. The average molecular weight is 452 g/mol. The molecule has 0 fully saturated rings. The molecule has 4 rings (SSSR count). The molecule has 174 valence electrons. The van der Waals surface area contributed by atoms with Gasteiger partial charge in [-0.3, -0.25) is 0 Å². The Morgan fingerprint density at radius 3 is 1.00 bits per heavy atom. The van der Waals surface area contributed by atoms with E-state index in [1.807, 2.05) is 42.3 Å². The lowest BCUT2D eigenvalue weighted by Gasteiger charge is -2.18. The molecule has 1 N–H and O–H groups in total. The van der Waals surface area contributed by atoms with Crippen LogP contribution in [0.3, 0.4) is 0 Å². The number of anilines is 3. The number of nitrogens with zero attached hydrogens (tertiary/aromatic N) is 3. The fraction of sp³-hybridized carbons (Fsp3) is 0.200. The summed E-state index contributed by atoms with van der Waals surface area (Å²) in [6.45, 7) is 0.